The van der Waals surface area contributed by atoms with E-state index in [1.54, 1.807) is 6.92 Å². The minimum absolute atomic E-state index is 0.251. The summed E-state index contributed by atoms with van der Waals surface area (Å²) in [7, 11) is 1.28. The molecule has 96 valence electrons. The largest absolute Gasteiger partial charge is 0.467 e. The summed E-state index contributed by atoms with van der Waals surface area (Å²) in [6.07, 6.45) is 0.929. The number of carbonyl (C=O) groups excluding carboxylic acids is 2. The smallest absolute Gasteiger partial charge is 0.328 e. The molecular weight excluding hydrogens is 220 g/mol. The Hall–Kier alpha value is -1.57. The van der Waals surface area contributed by atoms with Crippen molar-refractivity contribution in [3.8, 4) is 6.07 Å². The van der Waals surface area contributed by atoms with Crippen molar-refractivity contribution in [2.45, 2.75) is 39.7 Å². The number of nitriles is 1. The topological polar surface area (TPSA) is 79.2 Å². The predicted octanol–water partition coefficient (Wildman–Crippen LogP) is 1.24. The molecule has 0 aromatic carbocycles. The number of hydrogen-bond donors (Lipinski definition) is 1. The molecule has 0 aromatic rings. The number of esters is 1. The summed E-state index contributed by atoms with van der Waals surface area (Å²) >= 11 is 0. The molecule has 0 aromatic heterocycles. The van der Waals surface area contributed by atoms with Crippen molar-refractivity contribution in [2.75, 3.05) is 7.11 Å². The second-order valence-electron chi connectivity index (χ2n) is 4.30. The lowest BCUT2D eigenvalue weighted by Gasteiger charge is -2.19. The molecule has 2 atom stereocenters. The Kier molecular flexibility index (Phi) is 6.95. The molecule has 0 aliphatic heterocycles. The molecular formula is C12H20N2O3. The molecule has 5 heteroatoms. The Morgan fingerprint density at radius 1 is 1.41 bits per heavy atom. The third-order valence-corrected chi connectivity index (χ3v) is 2.39. The van der Waals surface area contributed by atoms with Gasteiger partial charge in [0, 0.05) is 0 Å². The summed E-state index contributed by atoms with van der Waals surface area (Å²) < 4.78 is 4.62. The third-order valence-electron chi connectivity index (χ3n) is 2.39. The summed E-state index contributed by atoms with van der Waals surface area (Å²) in [5, 5.41) is 11.3. The van der Waals surface area contributed by atoms with E-state index in [9.17, 15) is 9.59 Å². The average molecular weight is 240 g/mol. The van der Waals surface area contributed by atoms with Crippen LogP contribution in [-0.2, 0) is 14.3 Å². The minimum atomic E-state index is -0.714. The molecule has 0 aliphatic rings. The minimum Gasteiger partial charge on any atom is -0.467 e. The van der Waals surface area contributed by atoms with Crippen LogP contribution < -0.4 is 5.32 Å². The van der Waals surface area contributed by atoms with E-state index in [1.165, 1.54) is 7.11 Å². The lowest BCUT2D eigenvalue weighted by molar-refractivity contribution is -0.145. The summed E-state index contributed by atoms with van der Waals surface area (Å²) in [4.78, 5) is 23.1. The number of amides is 1. The first-order chi connectivity index (χ1) is 7.96. The molecule has 0 spiro atoms. The number of carbonyl (C=O) groups is 2. The van der Waals surface area contributed by atoms with Crippen LogP contribution >= 0.6 is 0 Å². The third kappa shape index (κ3) is 5.34. The van der Waals surface area contributed by atoms with Crippen LogP contribution in [0.5, 0.6) is 0 Å². The molecule has 1 N–H and O–H groups in total. The van der Waals surface area contributed by atoms with Crippen molar-refractivity contribution in [1.29, 1.82) is 5.26 Å². The van der Waals surface area contributed by atoms with Gasteiger partial charge in [-0.05, 0) is 18.8 Å². The summed E-state index contributed by atoms with van der Waals surface area (Å²) in [5.41, 5.74) is 0. The van der Waals surface area contributed by atoms with Crippen molar-refractivity contribution in [3.05, 3.63) is 0 Å². The van der Waals surface area contributed by atoms with Gasteiger partial charge in [-0.25, -0.2) is 4.79 Å². The van der Waals surface area contributed by atoms with Gasteiger partial charge in [-0.1, -0.05) is 20.8 Å². The molecule has 0 bridgehead atoms. The fourth-order valence-electron chi connectivity index (χ4n) is 1.44. The van der Waals surface area contributed by atoms with Gasteiger partial charge in [0.1, 0.15) is 12.0 Å². The van der Waals surface area contributed by atoms with Crippen LogP contribution in [0.3, 0.4) is 0 Å². The van der Waals surface area contributed by atoms with Crippen molar-refractivity contribution < 1.29 is 14.3 Å². The van der Waals surface area contributed by atoms with Crippen LogP contribution in [0.4, 0.5) is 0 Å². The second kappa shape index (κ2) is 7.66. The van der Waals surface area contributed by atoms with Gasteiger partial charge in [0.05, 0.1) is 13.2 Å². The van der Waals surface area contributed by atoms with Crippen LogP contribution in [0.2, 0.25) is 0 Å². The second-order valence-corrected chi connectivity index (χ2v) is 4.30. The van der Waals surface area contributed by atoms with Gasteiger partial charge in [0.15, 0.2) is 0 Å². The van der Waals surface area contributed by atoms with Gasteiger partial charge in [-0.15, -0.1) is 0 Å². The van der Waals surface area contributed by atoms with Gasteiger partial charge in [-0.3, -0.25) is 4.79 Å². The molecule has 0 radical (unpaired) electrons. The van der Waals surface area contributed by atoms with E-state index < -0.39 is 23.8 Å². The molecule has 1 amide bonds. The SMILES string of the molecule is CCC(C#N)C(=O)NC(CC(C)C)C(=O)OC. The summed E-state index contributed by atoms with van der Waals surface area (Å²) in [5.74, 6) is -1.35. The first kappa shape index (κ1) is 15.4. The fraction of sp³-hybridized carbons (Fsp3) is 0.750. The van der Waals surface area contributed by atoms with E-state index in [4.69, 9.17) is 5.26 Å². The van der Waals surface area contributed by atoms with E-state index >= 15 is 0 Å². The molecule has 0 aliphatic carbocycles. The normalized spacial score (nSPS) is 13.6. The highest BCUT2D eigenvalue weighted by molar-refractivity contribution is 5.86. The number of hydrogen-bond acceptors (Lipinski definition) is 4. The highest BCUT2D eigenvalue weighted by Gasteiger charge is 2.25. The Bertz CT molecular complexity index is 307. The van der Waals surface area contributed by atoms with Crippen molar-refractivity contribution in [3.63, 3.8) is 0 Å². The lowest BCUT2D eigenvalue weighted by atomic mass is 10.0. The maximum absolute atomic E-state index is 11.7. The summed E-state index contributed by atoms with van der Waals surface area (Å²) in [6.45, 7) is 5.65. The number of methoxy groups -OCH3 is 1. The van der Waals surface area contributed by atoms with E-state index in [0.717, 1.165) is 0 Å². The molecule has 0 fully saturated rings. The number of nitrogens with one attached hydrogen (secondary N) is 1. The monoisotopic (exact) mass is 240 g/mol. The molecule has 0 rings (SSSR count). The van der Waals surface area contributed by atoms with Crippen LogP contribution in [0.1, 0.15) is 33.6 Å². The zero-order valence-corrected chi connectivity index (χ0v) is 10.8. The molecule has 0 heterocycles. The number of nitrogens with zero attached hydrogens (tertiary/aromatic N) is 1. The molecule has 0 saturated carbocycles. The fourth-order valence-corrected chi connectivity index (χ4v) is 1.44. The average Bonchev–Trinajstić information content (AvgIpc) is 2.28. The van der Waals surface area contributed by atoms with Gasteiger partial charge in [0.2, 0.25) is 5.91 Å². The van der Waals surface area contributed by atoms with E-state index in [0.29, 0.717) is 12.8 Å². The number of ether oxygens (including phenoxy) is 1. The van der Waals surface area contributed by atoms with Gasteiger partial charge >= 0.3 is 5.97 Å². The maximum atomic E-state index is 11.7. The standard InChI is InChI=1S/C12H20N2O3/c1-5-9(7-13)11(15)14-10(6-8(2)3)12(16)17-4/h8-10H,5-6H2,1-4H3,(H,14,15). The Labute approximate surface area is 102 Å². The van der Waals surface area contributed by atoms with Gasteiger partial charge < -0.3 is 10.1 Å². The Morgan fingerprint density at radius 2 is 2.00 bits per heavy atom. The zero-order valence-electron chi connectivity index (χ0n) is 10.8. The van der Waals surface area contributed by atoms with Crippen LogP contribution in [0.25, 0.3) is 0 Å². The van der Waals surface area contributed by atoms with Crippen LogP contribution in [-0.4, -0.2) is 25.0 Å². The van der Waals surface area contributed by atoms with Gasteiger partial charge in [0.25, 0.3) is 0 Å². The van der Waals surface area contributed by atoms with Crippen molar-refractivity contribution in [2.24, 2.45) is 11.8 Å². The van der Waals surface area contributed by atoms with E-state index in [2.05, 4.69) is 10.1 Å². The van der Waals surface area contributed by atoms with E-state index in [1.807, 2.05) is 19.9 Å². The molecule has 5 nitrogen and oxygen atoms in total. The summed E-state index contributed by atoms with van der Waals surface area (Å²) in [6, 6.07) is 1.23. The molecule has 0 saturated heterocycles. The quantitative estimate of drug-likeness (QED) is 0.708. The molecule has 2 unspecified atom stereocenters. The highest BCUT2D eigenvalue weighted by atomic mass is 16.5. The molecule has 17 heavy (non-hydrogen) atoms. The zero-order chi connectivity index (χ0) is 13.4. The van der Waals surface area contributed by atoms with Crippen LogP contribution in [0, 0.1) is 23.2 Å². The first-order valence-electron chi connectivity index (χ1n) is 5.74. The maximum Gasteiger partial charge on any atom is 0.328 e. The highest BCUT2D eigenvalue weighted by Crippen LogP contribution is 2.08. The number of rotatable bonds is 6. The van der Waals surface area contributed by atoms with Gasteiger partial charge in [-0.2, -0.15) is 5.26 Å². The lowest BCUT2D eigenvalue weighted by Crippen LogP contribution is -2.44. The Balaban J connectivity index is 4.59. The Morgan fingerprint density at radius 3 is 2.35 bits per heavy atom. The first-order valence-corrected chi connectivity index (χ1v) is 5.74. The van der Waals surface area contributed by atoms with E-state index in [-0.39, 0.29) is 5.92 Å². The van der Waals surface area contributed by atoms with Crippen molar-refractivity contribution >= 4 is 11.9 Å². The van der Waals surface area contributed by atoms with Crippen molar-refractivity contribution in [1.82, 2.24) is 5.32 Å². The predicted molar refractivity (Wildman–Crippen MR) is 62.8 cm³/mol. The van der Waals surface area contributed by atoms with Crippen LogP contribution in [0.15, 0.2) is 0 Å².